The third-order valence-corrected chi connectivity index (χ3v) is 6.80. The van der Waals surface area contributed by atoms with E-state index in [1.807, 2.05) is 13.0 Å². The first-order valence-electron chi connectivity index (χ1n) is 10.9. The van der Waals surface area contributed by atoms with Gasteiger partial charge >= 0.3 is 0 Å². The maximum atomic E-state index is 14.0. The molecule has 8 nitrogen and oxygen atoms in total. The Kier molecular flexibility index (Phi) is 7.97. The highest BCUT2D eigenvalue weighted by Crippen LogP contribution is 2.30. The number of carbonyl (C=O) groups is 1. The lowest BCUT2D eigenvalue weighted by molar-refractivity contribution is -0.121. The lowest BCUT2D eigenvalue weighted by atomic mass is 10.2. The smallest absolute Gasteiger partial charge is 0.262 e. The van der Waals surface area contributed by atoms with Crippen molar-refractivity contribution in [2.24, 2.45) is 5.10 Å². The average Bonchev–Trinajstić information content (AvgIpc) is 3.30. The van der Waals surface area contributed by atoms with Gasteiger partial charge in [0, 0.05) is 10.4 Å². The molecule has 0 aliphatic rings. The second kappa shape index (κ2) is 11.3. The fourth-order valence-corrected chi connectivity index (χ4v) is 4.51. The van der Waals surface area contributed by atoms with Crippen molar-refractivity contribution in [1.29, 1.82) is 0 Å². The number of aryl methyl sites for hydroxylation is 1. The average molecular weight is 529 g/mol. The van der Waals surface area contributed by atoms with Gasteiger partial charge in [-0.05, 0) is 48.4 Å². The van der Waals surface area contributed by atoms with Gasteiger partial charge in [-0.25, -0.2) is 14.8 Å². The van der Waals surface area contributed by atoms with E-state index in [0.29, 0.717) is 27.3 Å². The Hall–Kier alpha value is -3.76. The van der Waals surface area contributed by atoms with Crippen LogP contribution in [0.1, 0.15) is 22.9 Å². The number of amides is 1. The van der Waals surface area contributed by atoms with Crippen LogP contribution in [-0.2, 0) is 24.4 Å². The molecule has 0 fully saturated rings. The molecule has 2 aromatic heterocycles. The van der Waals surface area contributed by atoms with Crippen LogP contribution in [0.25, 0.3) is 10.2 Å². The van der Waals surface area contributed by atoms with E-state index in [1.54, 1.807) is 24.3 Å². The van der Waals surface area contributed by atoms with Gasteiger partial charge in [0.25, 0.3) is 11.5 Å². The first kappa shape index (κ1) is 25.3. The predicted octanol–water partition coefficient (Wildman–Crippen LogP) is 4.55. The minimum Gasteiger partial charge on any atom is -0.493 e. The van der Waals surface area contributed by atoms with Gasteiger partial charge in [-0.1, -0.05) is 24.6 Å². The van der Waals surface area contributed by atoms with E-state index in [0.717, 1.165) is 11.3 Å². The molecule has 0 saturated carbocycles. The number of nitrogens with one attached hydrogen (secondary N) is 1. The summed E-state index contributed by atoms with van der Waals surface area (Å²) >= 11 is 7.51. The molecule has 0 aliphatic carbocycles. The zero-order chi connectivity index (χ0) is 25.7. The van der Waals surface area contributed by atoms with Crippen molar-refractivity contribution >= 4 is 45.3 Å². The van der Waals surface area contributed by atoms with Gasteiger partial charge in [0.15, 0.2) is 11.5 Å². The second-order valence-electron chi connectivity index (χ2n) is 7.66. The molecule has 0 radical (unpaired) electrons. The molecule has 4 aromatic rings. The Morgan fingerprint density at radius 3 is 2.86 bits per heavy atom. The number of hydrogen-bond donors (Lipinski definition) is 1. The van der Waals surface area contributed by atoms with E-state index in [1.165, 1.54) is 47.7 Å². The van der Waals surface area contributed by atoms with Crippen molar-refractivity contribution in [2.75, 3.05) is 7.11 Å². The molecule has 0 aliphatic heterocycles. The van der Waals surface area contributed by atoms with Crippen LogP contribution >= 0.6 is 22.9 Å². The number of benzene rings is 2. The van der Waals surface area contributed by atoms with Crippen molar-refractivity contribution < 1.29 is 18.7 Å². The largest absolute Gasteiger partial charge is 0.493 e. The summed E-state index contributed by atoms with van der Waals surface area (Å²) < 4.78 is 26.3. The van der Waals surface area contributed by atoms with Crippen molar-refractivity contribution in [1.82, 2.24) is 15.0 Å². The number of aromatic nitrogens is 2. The van der Waals surface area contributed by atoms with Crippen LogP contribution in [0.5, 0.6) is 11.5 Å². The number of hydrazone groups is 1. The molecule has 11 heteroatoms. The Bertz CT molecular complexity index is 1480. The summed E-state index contributed by atoms with van der Waals surface area (Å²) in [6.07, 6.45) is 3.60. The molecule has 1 N–H and O–H groups in total. The van der Waals surface area contributed by atoms with E-state index in [9.17, 15) is 14.0 Å². The summed E-state index contributed by atoms with van der Waals surface area (Å²) in [5.74, 6) is -0.153. The maximum Gasteiger partial charge on any atom is 0.262 e. The molecular formula is C25H22ClFN4O4S. The van der Waals surface area contributed by atoms with Crippen molar-refractivity contribution in [2.45, 2.75) is 26.5 Å². The first-order valence-corrected chi connectivity index (χ1v) is 12.1. The molecule has 0 unspecified atom stereocenters. The normalized spacial score (nSPS) is 11.2. The predicted molar refractivity (Wildman–Crippen MR) is 138 cm³/mol. The van der Waals surface area contributed by atoms with Crippen LogP contribution in [0.2, 0.25) is 5.02 Å². The number of thiophene rings is 1. The van der Waals surface area contributed by atoms with Crippen LogP contribution in [0.15, 0.2) is 58.7 Å². The Morgan fingerprint density at radius 2 is 2.11 bits per heavy atom. The molecule has 0 spiro atoms. The number of halogens is 2. The Labute approximate surface area is 215 Å². The van der Waals surface area contributed by atoms with Crippen LogP contribution in [-0.4, -0.2) is 28.8 Å². The van der Waals surface area contributed by atoms with Crippen LogP contribution < -0.4 is 20.5 Å². The quantitative estimate of drug-likeness (QED) is 0.254. The van der Waals surface area contributed by atoms with Gasteiger partial charge in [0.05, 0.1) is 30.1 Å². The summed E-state index contributed by atoms with van der Waals surface area (Å²) in [6.45, 7) is 1.72. The van der Waals surface area contributed by atoms with Gasteiger partial charge < -0.3 is 9.47 Å². The van der Waals surface area contributed by atoms with E-state index >= 15 is 0 Å². The zero-order valence-corrected chi connectivity index (χ0v) is 21.0. The molecular weight excluding hydrogens is 507 g/mol. The topological polar surface area (TPSA) is 94.8 Å². The fraction of sp³-hybridized carbons (Fsp3) is 0.200. The van der Waals surface area contributed by atoms with E-state index in [-0.39, 0.29) is 29.3 Å². The molecule has 1 amide bonds. The standard InChI is InChI=1S/C25H22ClFN4O4S/c1-3-16-10-17-24(36-16)28-14-31(25(17)33)12-23(32)30-29-11-15-7-8-21(22(9-15)34-2)35-13-18-19(26)5-4-6-20(18)27/h4-11,14H,3,12-13H2,1-2H3,(H,30,32). The van der Waals surface area contributed by atoms with Gasteiger partial charge in [-0.15, -0.1) is 11.3 Å². The zero-order valence-electron chi connectivity index (χ0n) is 19.5. The van der Waals surface area contributed by atoms with Gasteiger partial charge in [0.1, 0.15) is 23.8 Å². The minimum absolute atomic E-state index is 0.0729. The van der Waals surface area contributed by atoms with Gasteiger partial charge in [0.2, 0.25) is 0 Å². The number of methoxy groups -OCH3 is 1. The van der Waals surface area contributed by atoms with Crippen LogP contribution in [0.4, 0.5) is 4.39 Å². The van der Waals surface area contributed by atoms with E-state index < -0.39 is 11.7 Å². The molecule has 36 heavy (non-hydrogen) atoms. The summed E-state index contributed by atoms with van der Waals surface area (Å²) in [4.78, 5) is 30.9. The highest BCUT2D eigenvalue weighted by molar-refractivity contribution is 7.18. The SMILES string of the molecule is CCc1cc2c(=O)n(CC(=O)NN=Cc3ccc(OCc4c(F)cccc4Cl)c(OC)c3)cnc2s1. The molecule has 0 bridgehead atoms. The highest BCUT2D eigenvalue weighted by atomic mass is 35.5. The fourth-order valence-electron chi connectivity index (χ4n) is 3.37. The number of hydrogen-bond acceptors (Lipinski definition) is 7. The lowest BCUT2D eigenvalue weighted by Crippen LogP contribution is -2.29. The summed E-state index contributed by atoms with van der Waals surface area (Å²) in [5, 5.41) is 4.72. The third-order valence-electron chi connectivity index (χ3n) is 5.26. The summed E-state index contributed by atoms with van der Waals surface area (Å²) in [6, 6.07) is 11.2. The molecule has 0 saturated heterocycles. The summed E-state index contributed by atoms with van der Waals surface area (Å²) in [5.41, 5.74) is 2.99. The number of fused-ring (bicyclic) bond motifs is 1. The molecule has 2 heterocycles. The Morgan fingerprint density at radius 1 is 1.28 bits per heavy atom. The first-order chi connectivity index (χ1) is 17.4. The van der Waals surface area contributed by atoms with Crippen molar-refractivity contribution in [3.05, 3.63) is 86.0 Å². The van der Waals surface area contributed by atoms with Gasteiger partial charge in [-0.2, -0.15) is 5.10 Å². The van der Waals surface area contributed by atoms with Crippen molar-refractivity contribution in [3.63, 3.8) is 0 Å². The Balaban J connectivity index is 1.38. The van der Waals surface area contributed by atoms with E-state index in [2.05, 4.69) is 15.5 Å². The van der Waals surface area contributed by atoms with Crippen molar-refractivity contribution in [3.8, 4) is 11.5 Å². The number of ether oxygens (including phenoxy) is 2. The molecule has 2 aromatic carbocycles. The third kappa shape index (κ3) is 5.72. The second-order valence-corrected chi connectivity index (χ2v) is 9.18. The van der Waals surface area contributed by atoms with Gasteiger partial charge in [-0.3, -0.25) is 14.2 Å². The highest BCUT2D eigenvalue weighted by Gasteiger charge is 2.12. The minimum atomic E-state index is -0.478. The lowest BCUT2D eigenvalue weighted by Gasteiger charge is -2.12. The molecule has 186 valence electrons. The van der Waals surface area contributed by atoms with Crippen LogP contribution in [0, 0.1) is 5.82 Å². The number of rotatable bonds is 9. The maximum absolute atomic E-state index is 14.0. The number of carbonyl (C=O) groups excluding carboxylic acids is 1. The van der Waals surface area contributed by atoms with E-state index in [4.69, 9.17) is 21.1 Å². The monoisotopic (exact) mass is 528 g/mol. The molecule has 0 atom stereocenters. The summed E-state index contributed by atoms with van der Waals surface area (Å²) in [7, 11) is 1.47. The number of nitrogens with zero attached hydrogens (tertiary/aromatic N) is 3. The molecule has 4 rings (SSSR count). The van der Waals surface area contributed by atoms with Crippen LogP contribution in [0.3, 0.4) is 0 Å².